The minimum Gasteiger partial charge on any atom is -0.350 e. The lowest BCUT2D eigenvalue weighted by Gasteiger charge is -2.13. The van der Waals surface area contributed by atoms with E-state index < -0.39 is 0 Å². The number of pyridine rings is 1. The molecule has 0 saturated carbocycles. The van der Waals surface area contributed by atoms with Crippen LogP contribution in [0.5, 0.6) is 0 Å². The minimum atomic E-state index is -0.291. The monoisotopic (exact) mass is 343 g/mol. The molecule has 6 heteroatoms. The van der Waals surface area contributed by atoms with Crippen molar-refractivity contribution in [2.24, 2.45) is 0 Å². The zero-order valence-corrected chi connectivity index (χ0v) is 14.8. The fourth-order valence-corrected chi connectivity index (χ4v) is 2.66. The number of amides is 2. The number of carbonyl (C=O) groups excluding carboxylic acids is 2. The molecule has 2 aromatic rings. The maximum atomic E-state index is 12.4. The summed E-state index contributed by atoms with van der Waals surface area (Å²) < 4.78 is 0. The minimum absolute atomic E-state index is 0.0223. The molecule has 0 unspecified atom stereocenters. The number of hydrogen-bond donors (Lipinski definition) is 2. The molecular formula is C18H21N3O2S. The van der Waals surface area contributed by atoms with Gasteiger partial charge in [-0.1, -0.05) is 19.1 Å². The molecule has 0 spiro atoms. The summed E-state index contributed by atoms with van der Waals surface area (Å²) in [6, 6.07) is 10.5. The van der Waals surface area contributed by atoms with E-state index in [2.05, 4.69) is 15.6 Å². The predicted molar refractivity (Wildman–Crippen MR) is 97.6 cm³/mol. The molecule has 1 heterocycles. The molecule has 2 amide bonds. The van der Waals surface area contributed by atoms with Crippen LogP contribution in [-0.2, 0) is 0 Å². The first-order valence-corrected chi connectivity index (χ1v) is 8.80. The summed E-state index contributed by atoms with van der Waals surface area (Å²) in [6.07, 6.45) is 1.55. The summed E-state index contributed by atoms with van der Waals surface area (Å²) in [6.45, 7) is 5.83. The largest absolute Gasteiger partial charge is 0.350 e. The van der Waals surface area contributed by atoms with Crippen molar-refractivity contribution in [1.82, 2.24) is 10.3 Å². The fraction of sp³-hybridized carbons (Fsp3) is 0.278. The molecule has 1 aromatic heterocycles. The summed E-state index contributed by atoms with van der Waals surface area (Å²) in [7, 11) is 0. The molecule has 0 fully saturated rings. The van der Waals surface area contributed by atoms with Crippen LogP contribution in [0.4, 0.5) is 5.69 Å². The average molecular weight is 343 g/mol. The van der Waals surface area contributed by atoms with Crippen LogP contribution in [0.15, 0.2) is 47.6 Å². The molecule has 0 atom stereocenters. The van der Waals surface area contributed by atoms with Gasteiger partial charge in [-0.2, -0.15) is 0 Å². The van der Waals surface area contributed by atoms with Crippen molar-refractivity contribution in [3.63, 3.8) is 0 Å². The summed E-state index contributed by atoms with van der Waals surface area (Å²) in [5.41, 5.74) is 1.37. The van der Waals surface area contributed by atoms with Crippen LogP contribution in [0.3, 0.4) is 0 Å². The van der Waals surface area contributed by atoms with Gasteiger partial charge in [0.25, 0.3) is 11.8 Å². The van der Waals surface area contributed by atoms with Gasteiger partial charge in [0, 0.05) is 12.2 Å². The first-order valence-electron chi connectivity index (χ1n) is 7.81. The Kier molecular flexibility index (Phi) is 6.37. The van der Waals surface area contributed by atoms with Crippen LogP contribution >= 0.6 is 11.8 Å². The van der Waals surface area contributed by atoms with E-state index in [0.29, 0.717) is 16.8 Å². The lowest BCUT2D eigenvalue weighted by Crippen LogP contribution is -2.31. The van der Waals surface area contributed by atoms with Gasteiger partial charge in [0.05, 0.1) is 21.8 Å². The van der Waals surface area contributed by atoms with Gasteiger partial charge in [0.2, 0.25) is 0 Å². The first-order chi connectivity index (χ1) is 11.5. The highest BCUT2D eigenvalue weighted by Gasteiger charge is 2.14. The molecule has 0 aliphatic rings. The number of hydrogen-bond acceptors (Lipinski definition) is 4. The summed E-state index contributed by atoms with van der Waals surface area (Å²) in [5, 5.41) is 6.49. The Morgan fingerprint density at radius 3 is 2.50 bits per heavy atom. The Labute approximate surface area is 146 Å². The van der Waals surface area contributed by atoms with Crippen LogP contribution in [0.1, 0.15) is 41.5 Å². The van der Waals surface area contributed by atoms with Gasteiger partial charge in [-0.05, 0) is 43.9 Å². The van der Waals surface area contributed by atoms with E-state index in [1.54, 1.807) is 48.3 Å². The second kappa shape index (κ2) is 8.49. The van der Waals surface area contributed by atoms with Crippen molar-refractivity contribution in [3.8, 4) is 0 Å². The molecule has 0 aliphatic carbocycles. The van der Waals surface area contributed by atoms with Crippen LogP contribution in [0.25, 0.3) is 0 Å². The molecule has 5 nitrogen and oxygen atoms in total. The summed E-state index contributed by atoms with van der Waals surface area (Å²) >= 11 is 1.62. The van der Waals surface area contributed by atoms with E-state index in [0.717, 1.165) is 10.8 Å². The number of anilines is 1. The van der Waals surface area contributed by atoms with E-state index in [-0.39, 0.29) is 17.9 Å². The molecule has 126 valence electrons. The van der Waals surface area contributed by atoms with Crippen molar-refractivity contribution in [2.45, 2.75) is 31.8 Å². The zero-order valence-electron chi connectivity index (χ0n) is 14.0. The Hall–Kier alpha value is -2.34. The number of thioether (sulfide) groups is 1. The van der Waals surface area contributed by atoms with Crippen LogP contribution < -0.4 is 10.6 Å². The number of benzene rings is 1. The Morgan fingerprint density at radius 2 is 1.88 bits per heavy atom. The predicted octanol–water partition coefficient (Wildman–Crippen LogP) is 3.58. The Balaban J connectivity index is 2.15. The quantitative estimate of drug-likeness (QED) is 0.787. The van der Waals surface area contributed by atoms with Crippen LogP contribution in [0.2, 0.25) is 0 Å². The number of carbonyl (C=O) groups is 2. The molecular weight excluding hydrogens is 322 g/mol. The number of rotatable bonds is 6. The topological polar surface area (TPSA) is 71.1 Å². The molecule has 0 bridgehead atoms. The number of para-hydroxylation sites is 1. The molecule has 2 N–H and O–H groups in total. The van der Waals surface area contributed by atoms with E-state index in [1.807, 2.05) is 26.8 Å². The molecule has 0 aliphatic heterocycles. The average Bonchev–Trinajstić information content (AvgIpc) is 2.55. The van der Waals surface area contributed by atoms with E-state index in [1.165, 1.54) is 0 Å². The third-order valence-corrected chi connectivity index (χ3v) is 3.96. The SMILES string of the molecule is CCSc1ccc(C(=O)Nc2ccccc2C(=O)NC(C)C)cn1. The molecule has 1 aromatic carbocycles. The number of aromatic nitrogens is 1. The maximum Gasteiger partial charge on any atom is 0.257 e. The maximum absolute atomic E-state index is 12.4. The van der Waals surface area contributed by atoms with Crippen molar-refractivity contribution in [1.29, 1.82) is 0 Å². The van der Waals surface area contributed by atoms with E-state index >= 15 is 0 Å². The normalized spacial score (nSPS) is 10.5. The third kappa shape index (κ3) is 4.83. The van der Waals surface area contributed by atoms with Crippen LogP contribution in [-0.4, -0.2) is 28.6 Å². The van der Waals surface area contributed by atoms with Gasteiger partial charge < -0.3 is 10.6 Å². The van der Waals surface area contributed by atoms with Gasteiger partial charge >= 0.3 is 0 Å². The lowest BCUT2D eigenvalue weighted by molar-refractivity contribution is 0.0944. The molecule has 24 heavy (non-hydrogen) atoms. The van der Waals surface area contributed by atoms with Crippen molar-refractivity contribution < 1.29 is 9.59 Å². The second-order valence-electron chi connectivity index (χ2n) is 5.45. The Bertz CT molecular complexity index is 714. The van der Waals surface area contributed by atoms with Gasteiger partial charge in [-0.15, -0.1) is 11.8 Å². The third-order valence-electron chi connectivity index (χ3n) is 3.13. The highest BCUT2D eigenvalue weighted by Crippen LogP contribution is 2.18. The van der Waals surface area contributed by atoms with Crippen LogP contribution in [0, 0.1) is 0 Å². The van der Waals surface area contributed by atoms with Crippen molar-refractivity contribution in [2.75, 3.05) is 11.1 Å². The van der Waals surface area contributed by atoms with Gasteiger partial charge in [0.15, 0.2) is 0 Å². The smallest absolute Gasteiger partial charge is 0.257 e. The van der Waals surface area contributed by atoms with Crippen molar-refractivity contribution >= 4 is 29.3 Å². The standard InChI is InChI=1S/C18H21N3O2S/c1-4-24-16-10-9-13(11-19-16)17(22)21-15-8-6-5-7-14(15)18(23)20-12(2)3/h5-12H,4H2,1-3H3,(H,20,23)(H,21,22). The lowest BCUT2D eigenvalue weighted by atomic mass is 10.1. The Morgan fingerprint density at radius 1 is 1.12 bits per heavy atom. The highest BCUT2D eigenvalue weighted by molar-refractivity contribution is 7.99. The number of nitrogens with one attached hydrogen (secondary N) is 2. The zero-order chi connectivity index (χ0) is 17.5. The molecule has 0 saturated heterocycles. The van der Waals surface area contributed by atoms with Gasteiger partial charge in [0.1, 0.15) is 0 Å². The van der Waals surface area contributed by atoms with Gasteiger partial charge in [-0.25, -0.2) is 4.98 Å². The first kappa shape index (κ1) is 18.0. The van der Waals surface area contributed by atoms with E-state index in [9.17, 15) is 9.59 Å². The van der Waals surface area contributed by atoms with Crippen molar-refractivity contribution in [3.05, 3.63) is 53.7 Å². The fourth-order valence-electron chi connectivity index (χ4n) is 2.07. The summed E-state index contributed by atoms with van der Waals surface area (Å²) in [5.74, 6) is 0.422. The molecule has 0 radical (unpaired) electrons. The summed E-state index contributed by atoms with van der Waals surface area (Å²) in [4.78, 5) is 28.9. The van der Waals surface area contributed by atoms with Gasteiger partial charge in [-0.3, -0.25) is 9.59 Å². The molecule has 2 rings (SSSR count). The van der Waals surface area contributed by atoms with E-state index in [4.69, 9.17) is 0 Å². The number of nitrogens with zero attached hydrogens (tertiary/aromatic N) is 1. The highest BCUT2D eigenvalue weighted by atomic mass is 32.2. The second-order valence-corrected chi connectivity index (χ2v) is 6.73.